The highest BCUT2D eigenvalue weighted by molar-refractivity contribution is 5.75. The zero-order valence-electron chi connectivity index (χ0n) is 14.6. The zero-order chi connectivity index (χ0) is 17.6. The number of carboxylic acid groups (broad SMARTS) is 1. The average molecular weight is 318 g/mol. The third-order valence-corrected chi connectivity index (χ3v) is 3.75. The molecule has 23 heavy (non-hydrogen) atoms. The molecular formula is C17H26N4O2. The maximum Gasteiger partial charge on any atom is 0.305 e. The fraction of sp³-hybridized carbons (Fsp3) is 0.471. The van der Waals surface area contributed by atoms with Gasteiger partial charge in [-0.15, -0.1) is 0 Å². The summed E-state index contributed by atoms with van der Waals surface area (Å²) in [6.45, 7) is 9.99. The van der Waals surface area contributed by atoms with E-state index in [0.29, 0.717) is 0 Å². The van der Waals surface area contributed by atoms with Crippen LogP contribution in [0.15, 0.2) is 30.7 Å². The molecule has 0 radical (unpaired) electrons. The van der Waals surface area contributed by atoms with E-state index < -0.39 is 5.97 Å². The lowest BCUT2D eigenvalue weighted by molar-refractivity contribution is -0.138. The number of aromatic nitrogens is 3. The number of nitrogens with zero attached hydrogens (tertiary/aromatic N) is 4. The van der Waals surface area contributed by atoms with Crippen LogP contribution in [-0.2, 0) is 11.8 Å². The summed E-state index contributed by atoms with van der Waals surface area (Å²) in [4.78, 5) is 17.5. The Morgan fingerprint density at radius 2 is 2.09 bits per heavy atom. The number of hydrogen-bond donors (Lipinski definition) is 1. The normalized spacial score (nSPS) is 11.5. The molecule has 2 heterocycles. The minimum atomic E-state index is -0.846. The molecule has 1 unspecified atom stereocenters. The van der Waals surface area contributed by atoms with E-state index in [9.17, 15) is 9.90 Å². The lowest BCUT2D eigenvalue weighted by Crippen LogP contribution is -2.26. The Labute approximate surface area is 137 Å². The van der Waals surface area contributed by atoms with Gasteiger partial charge in [-0.05, 0) is 18.1 Å². The monoisotopic (exact) mass is 318 g/mol. The van der Waals surface area contributed by atoms with Gasteiger partial charge in [0.15, 0.2) is 0 Å². The number of carbonyl (C=O) groups is 1. The van der Waals surface area contributed by atoms with Gasteiger partial charge in [0.1, 0.15) is 5.52 Å². The van der Waals surface area contributed by atoms with E-state index in [0.717, 1.165) is 28.7 Å². The van der Waals surface area contributed by atoms with Crippen LogP contribution in [0, 0.1) is 0 Å². The Balaban J connectivity index is 0.00000127. The standard InChI is InChI=1S/C15H20N4O2.C2H6/c1-5-10(2)18(3)13(7-15(20)21)11-6-14-12(16-8-11)9-17-19(14)4;1-2/h6,8-9,13H,2,5,7H2,1,3-4H3,(H,20,21);1-2H3. The molecule has 1 atom stereocenters. The Kier molecular flexibility index (Phi) is 6.75. The summed E-state index contributed by atoms with van der Waals surface area (Å²) >= 11 is 0. The van der Waals surface area contributed by atoms with Crippen LogP contribution in [0.5, 0.6) is 0 Å². The summed E-state index contributed by atoms with van der Waals surface area (Å²) in [7, 11) is 3.71. The molecule has 126 valence electrons. The fourth-order valence-corrected chi connectivity index (χ4v) is 2.34. The van der Waals surface area contributed by atoms with Crippen LogP contribution in [0.25, 0.3) is 11.0 Å². The van der Waals surface area contributed by atoms with Crippen molar-refractivity contribution in [1.29, 1.82) is 0 Å². The van der Waals surface area contributed by atoms with Crippen molar-refractivity contribution in [2.45, 2.75) is 39.7 Å². The van der Waals surface area contributed by atoms with Crippen molar-refractivity contribution in [1.82, 2.24) is 19.7 Å². The van der Waals surface area contributed by atoms with Crippen LogP contribution in [0.3, 0.4) is 0 Å². The van der Waals surface area contributed by atoms with Crippen LogP contribution in [0.2, 0.25) is 0 Å². The first-order chi connectivity index (χ1) is 10.9. The van der Waals surface area contributed by atoms with Crippen molar-refractivity contribution in [2.75, 3.05) is 7.05 Å². The van der Waals surface area contributed by atoms with Crippen molar-refractivity contribution in [2.24, 2.45) is 7.05 Å². The molecule has 0 bridgehead atoms. The van der Waals surface area contributed by atoms with Gasteiger partial charge >= 0.3 is 5.97 Å². The first kappa shape index (κ1) is 18.7. The van der Waals surface area contributed by atoms with Crippen LogP contribution in [0.1, 0.15) is 45.2 Å². The predicted molar refractivity (Wildman–Crippen MR) is 92.0 cm³/mol. The number of hydrogen-bond acceptors (Lipinski definition) is 4. The molecule has 1 N–H and O–H groups in total. The number of aliphatic carboxylic acids is 1. The van der Waals surface area contributed by atoms with Gasteiger partial charge in [-0.2, -0.15) is 5.10 Å². The van der Waals surface area contributed by atoms with Crippen LogP contribution >= 0.6 is 0 Å². The Hall–Kier alpha value is -2.37. The zero-order valence-corrected chi connectivity index (χ0v) is 14.6. The number of pyridine rings is 1. The minimum absolute atomic E-state index is 0.000554. The van der Waals surface area contributed by atoms with Crippen molar-refractivity contribution >= 4 is 17.0 Å². The van der Waals surface area contributed by atoms with Gasteiger partial charge in [-0.3, -0.25) is 14.5 Å². The molecule has 2 rings (SSSR count). The van der Waals surface area contributed by atoms with E-state index in [-0.39, 0.29) is 12.5 Å². The largest absolute Gasteiger partial charge is 0.481 e. The summed E-state index contributed by atoms with van der Waals surface area (Å²) in [5, 5.41) is 13.3. The summed E-state index contributed by atoms with van der Waals surface area (Å²) in [5.74, 6) is -0.846. The second kappa shape index (κ2) is 8.31. The lowest BCUT2D eigenvalue weighted by atomic mass is 10.0. The van der Waals surface area contributed by atoms with Gasteiger partial charge in [0.05, 0.1) is 24.2 Å². The molecule has 0 aliphatic heterocycles. The van der Waals surface area contributed by atoms with Crippen LogP contribution in [-0.4, -0.2) is 37.8 Å². The Morgan fingerprint density at radius 1 is 1.43 bits per heavy atom. The number of allylic oxidation sites excluding steroid dienone is 1. The van der Waals surface area contributed by atoms with Crippen molar-refractivity contribution in [3.05, 3.63) is 36.3 Å². The van der Waals surface area contributed by atoms with E-state index in [1.807, 2.05) is 45.8 Å². The van der Waals surface area contributed by atoms with Crippen molar-refractivity contribution in [3.63, 3.8) is 0 Å². The van der Waals surface area contributed by atoms with Crippen molar-refractivity contribution in [3.8, 4) is 0 Å². The highest BCUT2D eigenvalue weighted by atomic mass is 16.4. The topological polar surface area (TPSA) is 71.2 Å². The molecule has 0 saturated carbocycles. The highest BCUT2D eigenvalue weighted by Gasteiger charge is 2.22. The van der Waals surface area contributed by atoms with Gasteiger partial charge in [0, 0.05) is 26.0 Å². The smallest absolute Gasteiger partial charge is 0.305 e. The number of rotatable bonds is 6. The van der Waals surface area contributed by atoms with Crippen LogP contribution in [0.4, 0.5) is 0 Å². The molecule has 0 amide bonds. The molecule has 0 aliphatic carbocycles. The van der Waals surface area contributed by atoms with E-state index >= 15 is 0 Å². The minimum Gasteiger partial charge on any atom is -0.481 e. The summed E-state index contributed by atoms with van der Waals surface area (Å²) < 4.78 is 1.73. The van der Waals surface area contributed by atoms with Gasteiger partial charge in [-0.25, -0.2) is 0 Å². The second-order valence-electron chi connectivity index (χ2n) is 5.09. The van der Waals surface area contributed by atoms with Crippen molar-refractivity contribution < 1.29 is 9.90 Å². The third-order valence-electron chi connectivity index (χ3n) is 3.75. The Morgan fingerprint density at radius 3 is 2.65 bits per heavy atom. The van der Waals surface area contributed by atoms with E-state index in [4.69, 9.17) is 0 Å². The number of carboxylic acids is 1. The maximum absolute atomic E-state index is 11.2. The summed E-state index contributed by atoms with van der Waals surface area (Å²) in [6.07, 6.45) is 4.19. The first-order valence-corrected chi connectivity index (χ1v) is 7.84. The highest BCUT2D eigenvalue weighted by Crippen LogP contribution is 2.28. The molecule has 0 fully saturated rings. The fourth-order valence-electron chi connectivity index (χ4n) is 2.34. The number of aryl methyl sites for hydroxylation is 1. The molecule has 0 aromatic carbocycles. The molecule has 6 nitrogen and oxygen atoms in total. The van der Waals surface area contributed by atoms with E-state index in [1.165, 1.54) is 0 Å². The molecule has 0 saturated heterocycles. The van der Waals surface area contributed by atoms with E-state index in [1.54, 1.807) is 17.1 Å². The van der Waals surface area contributed by atoms with E-state index in [2.05, 4.69) is 16.7 Å². The third kappa shape index (κ3) is 4.31. The van der Waals surface area contributed by atoms with Gasteiger partial charge in [-0.1, -0.05) is 27.4 Å². The van der Waals surface area contributed by atoms with Crippen LogP contribution < -0.4 is 0 Å². The molecule has 0 spiro atoms. The SMILES string of the molecule is C=C(CC)N(C)C(CC(=O)O)c1cnc2cnn(C)c2c1.CC. The first-order valence-electron chi connectivity index (χ1n) is 7.84. The molecule has 2 aromatic heterocycles. The average Bonchev–Trinajstić information content (AvgIpc) is 2.93. The van der Waals surface area contributed by atoms with Gasteiger partial charge < -0.3 is 10.0 Å². The summed E-state index contributed by atoms with van der Waals surface area (Å²) in [6, 6.07) is 1.66. The Bertz CT molecular complexity index is 678. The molecule has 0 aliphatic rings. The molecular weight excluding hydrogens is 292 g/mol. The quantitative estimate of drug-likeness (QED) is 0.884. The second-order valence-corrected chi connectivity index (χ2v) is 5.09. The number of fused-ring (bicyclic) bond motifs is 1. The van der Waals surface area contributed by atoms with Gasteiger partial charge in [0.25, 0.3) is 0 Å². The predicted octanol–water partition coefficient (Wildman–Crippen LogP) is 3.37. The molecule has 6 heteroatoms. The lowest BCUT2D eigenvalue weighted by Gasteiger charge is -2.30. The van der Waals surface area contributed by atoms with Gasteiger partial charge in [0.2, 0.25) is 0 Å². The molecule has 2 aromatic rings. The summed E-state index contributed by atoms with van der Waals surface area (Å²) in [5.41, 5.74) is 3.43. The maximum atomic E-state index is 11.2.